The molecular weight excluding hydrogens is 328 g/mol. The molecule has 0 radical (unpaired) electrons. The summed E-state index contributed by atoms with van der Waals surface area (Å²) in [6.07, 6.45) is -0.961. The quantitative estimate of drug-likeness (QED) is 0.831. The third-order valence-electron chi connectivity index (χ3n) is 2.93. The minimum atomic E-state index is -0.961. The summed E-state index contributed by atoms with van der Waals surface area (Å²) in [6, 6.07) is 6.66. The van der Waals surface area contributed by atoms with Gasteiger partial charge in [0.25, 0.3) is 11.1 Å². The van der Waals surface area contributed by atoms with Crippen LogP contribution in [0.3, 0.4) is 0 Å². The zero-order valence-corrected chi connectivity index (χ0v) is 13.4. The number of nitrogens with one attached hydrogen (secondary N) is 1. The fourth-order valence-corrected chi connectivity index (χ4v) is 2.84. The number of carbonyl (C=O) groups is 3. The second-order valence-electron chi connectivity index (χ2n) is 4.67. The largest absolute Gasteiger partial charge is 0.451 e. The van der Waals surface area contributed by atoms with Gasteiger partial charge in [-0.1, -0.05) is 29.4 Å². The molecule has 1 atom stereocenters. The van der Waals surface area contributed by atoms with Crippen molar-refractivity contribution < 1.29 is 19.1 Å². The zero-order chi connectivity index (χ0) is 16.1. The van der Waals surface area contributed by atoms with E-state index in [2.05, 4.69) is 5.32 Å². The molecule has 6 nitrogen and oxygen atoms in total. The summed E-state index contributed by atoms with van der Waals surface area (Å²) in [5.74, 6) is -0.404. The topological polar surface area (TPSA) is 75.7 Å². The second-order valence-corrected chi connectivity index (χ2v) is 6.15. The Bertz CT molecular complexity index is 596. The number of ether oxygens (including phenoxy) is 1. The van der Waals surface area contributed by atoms with Gasteiger partial charge < -0.3 is 15.0 Å². The molecule has 2 amide bonds. The van der Waals surface area contributed by atoms with Crippen LogP contribution >= 0.6 is 23.4 Å². The van der Waals surface area contributed by atoms with E-state index in [4.69, 9.17) is 16.3 Å². The molecule has 0 aliphatic carbocycles. The predicted octanol–water partition coefficient (Wildman–Crippen LogP) is 2.38. The molecule has 0 aromatic heterocycles. The lowest BCUT2D eigenvalue weighted by Gasteiger charge is -2.17. The van der Waals surface area contributed by atoms with E-state index >= 15 is 0 Å². The normalized spacial score (nSPS) is 15.5. The number of esters is 1. The van der Waals surface area contributed by atoms with Crippen LogP contribution in [0.15, 0.2) is 24.3 Å². The molecule has 2 rings (SSSR count). The maximum atomic E-state index is 11.9. The minimum absolute atomic E-state index is 0.138. The summed E-state index contributed by atoms with van der Waals surface area (Å²) in [4.78, 5) is 36.5. The molecule has 1 saturated heterocycles. The number of hydrogen-bond acceptors (Lipinski definition) is 5. The summed E-state index contributed by atoms with van der Waals surface area (Å²) in [5.41, 5.74) is 0.520. The first-order valence-electron chi connectivity index (χ1n) is 6.63. The van der Waals surface area contributed by atoms with E-state index < -0.39 is 18.0 Å². The molecule has 0 unspecified atom stereocenters. The van der Waals surface area contributed by atoms with Crippen molar-refractivity contribution in [3.8, 4) is 0 Å². The lowest BCUT2D eigenvalue weighted by molar-refractivity contribution is -0.153. The Kier molecular flexibility index (Phi) is 5.68. The van der Waals surface area contributed by atoms with Gasteiger partial charge in [-0.2, -0.15) is 0 Å². The molecule has 1 N–H and O–H groups in total. The Balaban J connectivity index is 1.83. The third-order valence-corrected chi connectivity index (χ3v) is 4.06. The first kappa shape index (κ1) is 16.6. The van der Waals surface area contributed by atoms with E-state index in [0.717, 1.165) is 11.8 Å². The van der Waals surface area contributed by atoms with E-state index in [1.807, 2.05) is 0 Å². The Morgan fingerprint density at radius 3 is 2.91 bits per heavy atom. The molecule has 1 aromatic rings. The van der Waals surface area contributed by atoms with Crippen molar-refractivity contribution in [1.82, 2.24) is 4.90 Å². The fraction of sp³-hybridized carbons (Fsp3) is 0.357. The molecule has 0 spiro atoms. The standard InChI is InChI=1S/C14H15ClN2O4S/c1-9(13(19)16-11-4-2-3-10(15)7-11)21-12(18)8-17-5-6-22-14(17)20/h2-4,7,9H,5-6,8H2,1H3,(H,16,19)/t9-/m1/s1. The monoisotopic (exact) mass is 342 g/mol. The lowest BCUT2D eigenvalue weighted by Crippen LogP contribution is -2.36. The Labute approximate surface area is 137 Å². The van der Waals surface area contributed by atoms with Crippen LogP contribution in [0.1, 0.15) is 6.92 Å². The second kappa shape index (κ2) is 7.51. The minimum Gasteiger partial charge on any atom is -0.451 e. The van der Waals surface area contributed by atoms with Crippen molar-refractivity contribution in [2.45, 2.75) is 13.0 Å². The zero-order valence-electron chi connectivity index (χ0n) is 11.9. The number of nitrogens with zero attached hydrogens (tertiary/aromatic N) is 1. The number of anilines is 1. The van der Waals surface area contributed by atoms with Gasteiger partial charge in [0.1, 0.15) is 6.54 Å². The average molecular weight is 343 g/mol. The maximum Gasteiger partial charge on any atom is 0.326 e. The Morgan fingerprint density at radius 1 is 1.50 bits per heavy atom. The van der Waals surface area contributed by atoms with Gasteiger partial charge in [-0.3, -0.25) is 14.4 Å². The number of hydrogen-bond donors (Lipinski definition) is 1. The SMILES string of the molecule is C[C@@H](OC(=O)CN1CCSC1=O)C(=O)Nc1cccc(Cl)c1. The lowest BCUT2D eigenvalue weighted by atomic mass is 10.3. The molecule has 1 aliphatic heterocycles. The van der Waals surface area contributed by atoms with E-state index in [-0.39, 0.29) is 11.8 Å². The van der Waals surface area contributed by atoms with Crippen LogP contribution in [-0.2, 0) is 14.3 Å². The van der Waals surface area contributed by atoms with Crippen molar-refractivity contribution in [3.63, 3.8) is 0 Å². The highest BCUT2D eigenvalue weighted by Gasteiger charge is 2.26. The smallest absolute Gasteiger partial charge is 0.326 e. The molecule has 1 heterocycles. The van der Waals surface area contributed by atoms with E-state index in [1.54, 1.807) is 24.3 Å². The highest BCUT2D eigenvalue weighted by molar-refractivity contribution is 8.13. The summed E-state index contributed by atoms with van der Waals surface area (Å²) >= 11 is 6.99. The van der Waals surface area contributed by atoms with E-state index in [9.17, 15) is 14.4 Å². The van der Waals surface area contributed by atoms with Crippen LogP contribution in [0, 0.1) is 0 Å². The number of carbonyl (C=O) groups excluding carboxylic acids is 3. The van der Waals surface area contributed by atoms with Crippen LogP contribution in [-0.4, -0.2) is 47.0 Å². The van der Waals surface area contributed by atoms with Gasteiger partial charge in [0.2, 0.25) is 0 Å². The summed E-state index contributed by atoms with van der Waals surface area (Å²) < 4.78 is 5.04. The van der Waals surface area contributed by atoms with Crippen molar-refractivity contribution in [2.24, 2.45) is 0 Å². The fourth-order valence-electron chi connectivity index (χ4n) is 1.82. The van der Waals surface area contributed by atoms with Crippen molar-refractivity contribution in [1.29, 1.82) is 0 Å². The van der Waals surface area contributed by atoms with Gasteiger partial charge in [0, 0.05) is 23.0 Å². The van der Waals surface area contributed by atoms with Crippen LogP contribution in [0.5, 0.6) is 0 Å². The Hall–Kier alpha value is -1.73. The van der Waals surface area contributed by atoms with Gasteiger partial charge in [-0.05, 0) is 25.1 Å². The van der Waals surface area contributed by atoms with Crippen molar-refractivity contribution in [3.05, 3.63) is 29.3 Å². The summed E-state index contributed by atoms with van der Waals surface area (Å²) in [6.45, 7) is 1.85. The number of halogens is 1. The van der Waals surface area contributed by atoms with Gasteiger partial charge in [-0.15, -0.1) is 0 Å². The van der Waals surface area contributed by atoms with E-state index in [1.165, 1.54) is 11.8 Å². The van der Waals surface area contributed by atoms with Gasteiger partial charge in [0.05, 0.1) is 0 Å². The molecule has 1 aliphatic rings. The van der Waals surface area contributed by atoms with Gasteiger partial charge in [0.15, 0.2) is 6.10 Å². The molecule has 1 fully saturated rings. The third kappa shape index (κ3) is 4.64. The number of benzene rings is 1. The molecular formula is C14H15ClN2O4S. The highest BCUT2D eigenvalue weighted by Crippen LogP contribution is 2.17. The number of thioether (sulfide) groups is 1. The predicted molar refractivity (Wildman–Crippen MR) is 85.1 cm³/mol. The van der Waals surface area contributed by atoms with Crippen molar-refractivity contribution in [2.75, 3.05) is 24.2 Å². The number of amides is 2. The van der Waals surface area contributed by atoms with E-state index in [0.29, 0.717) is 23.0 Å². The highest BCUT2D eigenvalue weighted by atomic mass is 35.5. The first-order chi connectivity index (χ1) is 10.5. The van der Waals surface area contributed by atoms with Gasteiger partial charge in [-0.25, -0.2) is 0 Å². The molecule has 0 bridgehead atoms. The van der Waals surface area contributed by atoms with Crippen LogP contribution in [0.25, 0.3) is 0 Å². The number of rotatable bonds is 5. The average Bonchev–Trinajstić information content (AvgIpc) is 2.84. The summed E-state index contributed by atoms with van der Waals surface area (Å²) in [7, 11) is 0. The molecule has 22 heavy (non-hydrogen) atoms. The molecule has 118 valence electrons. The molecule has 8 heteroatoms. The first-order valence-corrected chi connectivity index (χ1v) is 7.99. The van der Waals surface area contributed by atoms with Crippen molar-refractivity contribution >= 4 is 46.2 Å². The maximum absolute atomic E-state index is 11.9. The summed E-state index contributed by atoms with van der Waals surface area (Å²) in [5, 5.41) is 2.95. The molecule has 1 aromatic carbocycles. The van der Waals surface area contributed by atoms with Crippen LogP contribution < -0.4 is 5.32 Å². The Morgan fingerprint density at radius 2 is 2.27 bits per heavy atom. The van der Waals surface area contributed by atoms with Crippen LogP contribution in [0.4, 0.5) is 10.5 Å². The van der Waals surface area contributed by atoms with Crippen LogP contribution in [0.2, 0.25) is 5.02 Å². The molecule has 0 saturated carbocycles. The van der Waals surface area contributed by atoms with Gasteiger partial charge >= 0.3 is 5.97 Å².